The third-order valence-electron chi connectivity index (χ3n) is 3.83. The fourth-order valence-corrected chi connectivity index (χ4v) is 2.89. The lowest BCUT2D eigenvalue weighted by molar-refractivity contribution is -0.670. The van der Waals surface area contributed by atoms with Gasteiger partial charge in [0.1, 0.15) is 6.54 Å². The van der Waals surface area contributed by atoms with E-state index < -0.39 is 0 Å². The van der Waals surface area contributed by atoms with Crippen molar-refractivity contribution in [3.8, 4) is 0 Å². The van der Waals surface area contributed by atoms with E-state index in [1.807, 2.05) is 18.2 Å². The summed E-state index contributed by atoms with van der Waals surface area (Å²) in [6, 6.07) is 14.6. The van der Waals surface area contributed by atoms with Gasteiger partial charge < -0.3 is 5.32 Å². The Labute approximate surface area is 143 Å². The normalized spacial score (nSPS) is 11.7. The lowest BCUT2D eigenvalue weighted by Gasteiger charge is -2.18. The molecule has 22 heavy (non-hydrogen) atoms. The van der Waals surface area contributed by atoms with E-state index in [2.05, 4.69) is 50.4 Å². The van der Waals surface area contributed by atoms with Gasteiger partial charge in [-0.25, -0.2) is 0 Å². The van der Waals surface area contributed by atoms with Crippen molar-refractivity contribution < 1.29 is 5.32 Å². The minimum Gasteiger partial charge on any atom is -0.342 e. The molecule has 0 heterocycles. The Kier molecular flexibility index (Phi) is 5.91. The van der Waals surface area contributed by atoms with Gasteiger partial charge in [-0.1, -0.05) is 74.3 Å². The van der Waals surface area contributed by atoms with Crippen molar-refractivity contribution >= 4 is 23.2 Å². The molecule has 2 aromatic rings. The number of halogens is 2. The number of hydrogen-bond acceptors (Lipinski definition) is 0. The van der Waals surface area contributed by atoms with Gasteiger partial charge in [0.2, 0.25) is 0 Å². The Morgan fingerprint density at radius 3 is 2.23 bits per heavy atom. The van der Waals surface area contributed by atoms with E-state index in [1.165, 1.54) is 11.1 Å². The van der Waals surface area contributed by atoms with E-state index in [4.69, 9.17) is 23.2 Å². The number of hydrogen-bond donors (Lipinski definition) is 1. The summed E-state index contributed by atoms with van der Waals surface area (Å²) in [4.78, 5) is 0. The van der Waals surface area contributed by atoms with Gasteiger partial charge >= 0.3 is 0 Å². The molecule has 0 bridgehead atoms. The molecule has 2 N–H and O–H groups in total. The van der Waals surface area contributed by atoms with Crippen molar-refractivity contribution in [3.63, 3.8) is 0 Å². The maximum Gasteiger partial charge on any atom is 0.101 e. The number of rotatable bonds is 5. The topological polar surface area (TPSA) is 16.6 Å². The van der Waals surface area contributed by atoms with Crippen molar-refractivity contribution in [2.75, 3.05) is 6.54 Å². The van der Waals surface area contributed by atoms with Crippen LogP contribution in [0.15, 0.2) is 42.5 Å². The van der Waals surface area contributed by atoms with E-state index >= 15 is 0 Å². The van der Waals surface area contributed by atoms with Crippen LogP contribution in [0.5, 0.6) is 0 Å². The Morgan fingerprint density at radius 2 is 1.64 bits per heavy atom. The van der Waals surface area contributed by atoms with E-state index in [-0.39, 0.29) is 5.41 Å². The summed E-state index contributed by atoms with van der Waals surface area (Å²) in [5, 5.41) is 3.77. The van der Waals surface area contributed by atoms with E-state index in [0.717, 1.165) is 30.1 Å². The highest BCUT2D eigenvalue weighted by molar-refractivity contribution is 6.35. The first-order chi connectivity index (χ1) is 10.4. The van der Waals surface area contributed by atoms with Gasteiger partial charge in [-0.3, -0.25) is 0 Å². The van der Waals surface area contributed by atoms with Crippen LogP contribution in [0.2, 0.25) is 10.0 Å². The summed E-state index contributed by atoms with van der Waals surface area (Å²) < 4.78 is 0. The summed E-state index contributed by atoms with van der Waals surface area (Å²) >= 11 is 12.1. The molecule has 0 saturated heterocycles. The Balaban J connectivity index is 1.81. The second-order valence-electron chi connectivity index (χ2n) is 6.71. The first kappa shape index (κ1) is 17.3. The quantitative estimate of drug-likeness (QED) is 0.768. The maximum atomic E-state index is 6.19. The van der Waals surface area contributed by atoms with Crippen LogP contribution in [0, 0.1) is 0 Å². The Bertz CT molecular complexity index is 612. The molecule has 0 unspecified atom stereocenters. The zero-order valence-electron chi connectivity index (χ0n) is 13.5. The second kappa shape index (κ2) is 7.50. The highest BCUT2D eigenvalue weighted by Gasteiger charge is 2.12. The number of benzene rings is 2. The van der Waals surface area contributed by atoms with Crippen LogP contribution in [0.1, 0.15) is 37.5 Å². The lowest BCUT2D eigenvalue weighted by Crippen LogP contribution is -2.83. The smallest absolute Gasteiger partial charge is 0.101 e. The van der Waals surface area contributed by atoms with Crippen LogP contribution in [0.3, 0.4) is 0 Å². The predicted molar refractivity (Wildman–Crippen MR) is 95.8 cm³/mol. The highest BCUT2D eigenvalue weighted by Crippen LogP contribution is 2.22. The molecule has 0 fully saturated rings. The lowest BCUT2D eigenvalue weighted by atomic mass is 9.87. The third kappa shape index (κ3) is 5.01. The van der Waals surface area contributed by atoms with Gasteiger partial charge in [-0.05, 0) is 28.7 Å². The second-order valence-corrected chi connectivity index (χ2v) is 7.56. The third-order valence-corrected chi connectivity index (χ3v) is 4.42. The molecule has 0 atom stereocenters. The van der Waals surface area contributed by atoms with Crippen molar-refractivity contribution in [3.05, 3.63) is 69.2 Å². The Hall–Kier alpha value is -1.02. The van der Waals surface area contributed by atoms with Gasteiger partial charge in [-0.2, -0.15) is 0 Å². The summed E-state index contributed by atoms with van der Waals surface area (Å²) in [5.41, 5.74) is 4.11. The molecule has 0 aliphatic heterocycles. The fraction of sp³-hybridized carbons (Fsp3) is 0.368. The SMILES string of the molecule is CC(C)(C)c1ccc(C[NH2+]CCc2ccc(Cl)cc2Cl)cc1. The van der Waals surface area contributed by atoms with E-state index in [1.54, 1.807) is 0 Å². The molecule has 0 saturated carbocycles. The monoisotopic (exact) mass is 336 g/mol. The number of quaternary nitrogens is 1. The molecule has 0 spiro atoms. The largest absolute Gasteiger partial charge is 0.342 e. The average molecular weight is 337 g/mol. The van der Waals surface area contributed by atoms with Gasteiger partial charge in [0.25, 0.3) is 0 Å². The molecule has 2 rings (SSSR count). The molecule has 0 aliphatic carbocycles. The molecule has 0 aromatic heterocycles. The molecule has 118 valence electrons. The Morgan fingerprint density at radius 1 is 0.955 bits per heavy atom. The van der Waals surface area contributed by atoms with Crippen molar-refractivity contribution in [2.45, 2.75) is 39.2 Å². The van der Waals surface area contributed by atoms with Crippen LogP contribution >= 0.6 is 23.2 Å². The molecular formula is C19H24Cl2N+. The standard InChI is InChI=1S/C19H23Cl2N/c1-19(2,3)16-7-4-14(5-8-16)13-22-11-10-15-6-9-17(20)12-18(15)21/h4-9,12,22H,10-11,13H2,1-3H3/p+1. The van der Waals surface area contributed by atoms with E-state index in [0.29, 0.717) is 5.02 Å². The van der Waals surface area contributed by atoms with Crippen LogP contribution in [0.25, 0.3) is 0 Å². The summed E-state index contributed by atoms with van der Waals surface area (Å²) in [7, 11) is 0. The summed E-state index contributed by atoms with van der Waals surface area (Å²) in [6.45, 7) is 8.73. The van der Waals surface area contributed by atoms with Crippen molar-refractivity contribution in [2.24, 2.45) is 0 Å². The summed E-state index contributed by atoms with van der Waals surface area (Å²) in [5.74, 6) is 0. The molecule has 1 nitrogen and oxygen atoms in total. The molecular weight excluding hydrogens is 313 g/mol. The zero-order valence-corrected chi connectivity index (χ0v) is 15.0. The van der Waals surface area contributed by atoms with Gasteiger partial charge in [-0.15, -0.1) is 0 Å². The molecule has 0 aliphatic rings. The van der Waals surface area contributed by atoms with Crippen LogP contribution in [-0.4, -0.2) is 6.54 Å². The van der Waals surface area contributed by atoms with Crippen molar-refractivity contribution in [1.29, 1.82) is 0 Å². The number of nitrogens with two attached hydrogens (primary N) is 1. The zero-order chi connectivity index (χ0) is 16.2. The molecule has 2 aromatic carbocycles. The van der Waals surface area contributed by atoms with E-state index in [9.17, 15) is 0 Å². The minimum atomic E-state index is 0.216. The van der Waals surface area contributed by atoms with Gasteiger partial charge in [0, 0.05) is 22.0 Å². The fourth-order valence-electron chi connectivity index (χ4n) is 2.39. The average Bonchev–Trinajstić information content (AvgIpc) is 2.45. The minimum absolute atomic E-state index is 0.216. The van der Waals surface area contributed by atoms with Crippen LogP contribution in [0.4, 0.5) is 0 Å². The van der Waals surface area contributed by atoms with Gasteiger partial charge in [0.05, 0.1) is 6.54 Å². The van der Waals surface area contributed by atoms with Crippen LogP contribution < -0.4 is 5.32 Å². The predicted octanol–water partition coefficient (Wildman–Crippen LogP) is 4.60. The highest BCUT2D eigenvalue weighted by atomic mass is 35.5. The van der Waals surface area contributed by atoms with Gasteiger partial charge in [0.15, 0.2) is 0 Å². The molecule has 3 heteroatoms. The molecule has 0 radical (unpaired) electrons. The first-order valence-electron chi connectivity index (χ1n) is 7.71. The summed E-state index contributed by atoms with van der Waals surface area (Å²) in [6.07, 6.45) is 0.954. The van der Waals surface area contributed by atoms with Crippen molar-refractivity contribution in [1.82, 2.24) is 0 Å². The maximum absolute atomic E-state index is 6.19. The molecule has 0 amide bonds. The first-order valence-corrected chi connectivity index (χ1v) is 8.47. The van der Waals surface area contributed by atoms with Crippen LogP contribution in [-0.2, 0) is 18.4 Å².